The van der Waals surface area contributed by atoms with E-state index in [2.05, 4.69) is 17.1 Å². The van der Waals surface area contributed by atoms with Crippen molar-refractivity contribution in [3.63, 3.8) is 0 Å². The van der Waals surface area contributed by atoms with Crippen LogP contribution in [-0.4, -0.2) is 49.8 Å². The molecule has 2 heterocycles. The number of piperazine rings is 1. The Morgan fingerprint density at radius 2 is 2.50 bits per heavy atom. The number of nitrogens with one attached hydrogen (secondary N) is 1. The minimum atomic E-state index is 0.640. The standard InChI is InChI=1S/C9H18N2O/c1-2-8-6-11-3-4-12-7-9(11)5-10-8/h8-10H,2-7H2,1H3/t8-,9+/m1/s1. The molecule has 0 bridgehead atoms. The highest BCUT2D eigenvalue weighted by atomic mass is 16.5. The summed E-state index contributed by atoms with van der Waals surface area (Å²) >= 11 is 0. The van der Waals surface area contributed by atoms with Gasteiger partial charge in [0.2, 0.25) is 0 Å². The molecule has 2 saturated heterocycles. The first-order valence-electron chi connectivity index (χ1n) is 4.95. The average Bonchev–Trinajstić information content (AvgIpc) is 2.17. The largest absolute Gasteiger partial charge is 0.378 e. The maximum absolute atomic E-state index is 5.43. The Bertz CT molecular complexity index is 151. The smallest absolute Gasteiger partial charge is 0.0634 e. The molecule has 2 atom stereocenters. The van der Waals surface area contributed by atoms with Gasteiger partial charge in [-0.15, -0.1) is 0 Å². The Morgan fingerprint density at radius 1 is 1.58 bits per heavy atom. The van der Waals surface area contributed by atoms with Gasteiger partial charge < -0.3 is 10.1 Å². The van der Waals surface area contributed by atoms with Gasteiger partial charge in [0.05, 0.1) is 13.2 Å². The third-order valence-electron chi connectivity index (χ3n) is 2.94. The summed E-state index contributed by atoms with van der Waals surface area (Å²) in [6.07, 6.45) is 1.24. The molecule has 0 aliphatic carbocycles. The molecule has 2 aliphatic heterocycles. The van der Waals surface area contributed by atoms with Gasteiger partial charge in [-0.3, -0.25) is 4.90 Å². The highest BCUT2D eigenvalue weighted by Gasteiger charge is 2.28. The topological polar surface area (TPSA) is 24.5 Å². The van der Waals surface area contributed by atoms with Crippen molar-refractivity contribution in [1.82, 2.24) is 10.2 Å². The summed E-state index contributed by atoms with van der Waals surface area (Å²) < 4.78 is 5.43. The lowest BCUT2D eigenvalue weighted by Gasteiger charge is -2.42. The van der Waals surface area contributed by atoms with E-state index in [1.54, 1.807) is 0 Å². The molecule has 3 nitrogen and oxygen atoms in total. The molecule has 12 heavy (non-hydrogen) atoms. The number of rotatable bonds is 1. The van der Waals surface area contributed by atoms with Gasteiger partial charge in [0.15, 0.2) is 0 Å². The minimum absolute atomic E-state index is 0.640. The number of nitrogens with zero attached hydrogens (tertiary/aromatic N) is 1. The lowest BCUT2D eigenvalue weighted by Crippen LogP contribution is -2.60. The fourth-order valence-electron chi connectivity index (χ4n) is 2.04. The zero-order valence-corrected chi connectivity index (χ0v) is 7.75. The molecule has 70 valence electrons. The molecule has 0 aromatic carbocycles. The molecule has 1 N–H and O–H groups in total. The molecule has 0 radical (unpaired) electrons. The van der Waals surface area contributed by atoms with Crippen LogP contribution in [0.1, 0.15) is 13.3 Å². The molecule has 0 aromatic rings. The second-order valence-electron chi connectivity index (χ2n) is 3.74. The first kappa shape index (κ1) is 8.48. The summed E-state index contributed by atoms with van der Waals surface area (Å²) in [5.74, 6) is 0. The predicted molar refractivity (Wildman–Crippen MR) is 48.3 cm³/mol. The molecule has 2 fully saturated rings. The van der Waals surface area contributed by atoms with Gasteiger partial charge >= 0.3 is 0 Å². The zero-order chi connectivity index (χ0) is 8.39. The fourth-order valence-corrected chi connectivity index (χ4v) is 2.04. The molecule has 2 rings (SSSR count). The predicted octanol–water partition coefficient (Wildman–Crippen LogP) is 0.0690. The van der Waals surface area contributed by atoms with Crippen molar-refractivity contribution in [3.05, 3.63) is 0 Å². The Kier molecular flexibility index (Phi) is 2.63. The number of morpholine rings is 1. The zero-order valence-electron chi connectivity index (χ0n) is 7.75. The summed E-state index contributed by atoms with van der Waals surface area (Å²) in [7, 11) is 0. The summed E-state index contributed by atoms with van der Waals surface area (Å²) in [5, 5.41) is 3.55. The van der Waals surface area contributed by atoms with Crippen LogP contribution in [-0.2, 0) is 4.74 Å². The molecule has 0 amide bonds. The first-order valence-corrected chi connectivity index (χ1v) is 4.95. The number of fused-ring (bicyclic) bond motifs is 1. The molecule has 0 aromatic heterocycles. The van der Waals surface area contributed by atoms with Crippen molar-refractivity contribution in [2.75, 3.05) is 32.8 Å². The normalized spacial score (nSPS) is 37.8. The van der Waals surface area contributed by atoms with Gasteiger partial charge in [-0.05, 0) is 6.42 Å². The van der Waals surface area contributed by atoms with E-state index in [1.165, 1.54) is 13.0 Å². The summed E-state index contributed by atoms with van der Waals surface area (Å²) in [6, 6.07) is 1.35. The van der Waals surface area contributed by atoms with Crippen LogP contribution < -0.4 is 5.32 Å². The van der Waals surface area contributed by atoms with E-state index in [4.69, 9.17) is 4.74 Å². The van der Waals surface area contributed by atoms with Crippen molar-refractivity contribution in [2.45, 2.75) is 25.4 Å². The Morgan fingerprint density at radius 3 is 3.33 bits per heavy atom. The van der Waals surface area contributed by atoms with Crippen LogP contribution in [0.15, 0.2) is 0 Å². The second kappa shape index (κ2) is 3.73. The molecule has 0 unspecified atom stereocenters. The average molecular weight is 170 g/mol. The monoisotopic (exact) mass is 170 g/mol. The van der Waals surface area contributed by atoms with Crippen molar-refractivity contribution >= 4 is 0 Å². The lowest BCUT2D eigenvalue weighted by molar-refractivity contribution is -0.0262. The van der Waals surface area contributed by atoms with Crippen LogP contribution in [0.5, 0.6) is 0 Å². The maximum Gasteiger partial charge on any atom is 0.0634 e. The summed E-state index contributed by atoms with van der Waals surface area (Å²) in [5.41, 5.74) is 0. The van der Waals surface area contributed by atoms with Crippen LogP contribution in [0, 0.1) is 0 Å². The summed E-state index contributed by atoms with van der Waals surface area (Å²) in [6.45, 7) is 7.54. The number of ether oxygens (including phenoxy) is 1. The molecular weight excluding hydrogens is 152 g/mol. The van der Waals surface area contributed by atoms with E-state index in [0.29, 0.717) is 12.1 Å². The molecule has 3 heteroatoms. The van der Waals surface area contributed by atoms with Gasteiger partial charge in [0.1, 0.15) is 0 Å². The minimum Gasteiger partial charge on any atom is -0.378 e. The van der Waals surface area contributed by atoms with Gasteiger partial charge in [-0.25, -0.2) is 0 Å². The van der Waals surface area contributed by atoms with E-state index >= 15 is 0 Å². The third kappa shape index (κ3) is 1.63. The van der Waals surface area contributed by atoms with E-state index in [1.807, 2.05) is 0 Å². The van der Waals surface area contributed by atoms with Crippen molar-refractivity contribution in [3.8, 4) is 0 Å². The Balaban J connectivity index is 1.90. The third-order valence-corrected chi connectivity index (χ3v) is 2.94. The maximum atomic E-state index is 5.43. The quantitative estimate of drug-likeness (QED) is 0.602. The summed E-state index contributed by atoms with van der Waals surface area (Å²) in [4.78, 5) is 2.56. The van der Waals surface area contributed by atoms with Crippen LogP contribution in [0.4, 0.5) is 0 Å². The Labute approximate surface area is 74.1 Å². The van der Waals surface area contributed by atoms with Crippen LogP contribution in [0.3, 0.4) is 0 Å². The highest BCUT2D eigenvalue weighted by Crippen LogP contribution is 2.12. The van der Waals surface area contributed by atoms with E-state index in [0.717, 1.165) is 26.3 Å². The van der Waals surface area contributed by atoms with Crippen LogP contribution in [0.2, 0.25) is 0 Å². The van der Waals surface area contributed by atoms with Gasteiger partial charge in [0, 0.05) is 31.7 Å². The fraction of sp³-hybridized carbons (Fsp3) is 1.00. The lowest BCUT2D eigenvalue weighted by atomic mass is 10.1. The molecular formula is C9H18N2O. The Hall–Kier alpha value is -0.120. The number of hydrogen-bond donors (Lipinski definition) is 1. The van der Waals surface area contributed by atoms with Crippen molar-refractivity contribution < 1.29 is 4.74 Å². The highest BCUT2D eigenvalue weighted by molar-refractivity contribution is 4.86. The van der Waals surface area contributed by atoms with Crippen LogP contribution in [0.25, 0.3) is 0 Å². The van der Waals surface area contributed by atoms with E-state index in [-0.39, 0.29) is 0 Å². The molecule has 0 saturated carbocycles. The first-order chi connectivity index (χ1) is 5.90. The van der Waals surface area contributed by atoms with Gasteiger partial charge in [0.25, 0.3) is 0 Å². The van der Waals surface area contributed by atoms with Crippen molar-refractivity contribution in [2.24, 2.45) is 0 Å². The molecule has 2 aliphatic rings. The SMILES string of the molecule is CC[C@@H]1CN2CCOC[C@@H]2CN1. The van der Waals surface area contributed by atoms with E-state index < -0.39 is 0 Å². The van der Waals surface area contributed by atoms with Crippen LogP contribution >= 0.6 is 0 Å². The second-order valence-corrected chi connectivity index (χ2v) is 3.74. The number of hydrogen-bond acceptors (Lipinski definition) is 3. The van der Waals surface area contributed by atoms with Crippen molar-refractivity contribution in [1.29, 1.82) is 0 Å². The van der Waals surface area contributed by atoms with Gasteiger partial charge in [-0.2, -0.15) is 0 Å². The van der Waals surface area contributed by atoms with Gasteiger partial charge in [-0.1, -0.05) is 6.92 Å². The molecule has 0 spiro atoms. The van der Waals surface area contributed by atoms with E-state index in [9.17, 15) is 0 Å².